The third kappa shape index (κ3) is 1.86. The van der Waals surface area contributed by atoms with Gasteiger partial charge < -0.3 is 4.90 Å². The van der Waals surface area contributed by atoms with Crippen molar-refractivity contribution < 1.29 is 4.79 Å². The minimum Gasteiger partial charge on any atom is -0.315 e. The fourth-order valence-electron chi connectivity index (χ4n) is 1.54. The van der Waals surface area contributed by atoms with Crippen molar-refractivity contribution in [3.63, 3.8) is 0 Å². The summed E-state index contributed by atoms with van der Waals surface area (Å²) in [5.41, 5.74) is 2.49. The van der Waals surface area contributed by atoms with Crippen LogP contribution in [0, 0.1) is 0 Å². The lowest BCUT2D eigenvalue weighted by molar-refractivity contribution is -0.118. The molecule has 2 rings (SSSR count). The molecule has 0 N–H and O–H groups in total. The van der Waals surface area contributed by atoms with E-state index in [4.69, 9.17) is 0 Å². The van der Waals surface area contributed by atoms with Gasteiger partial charge in [0.1, 0.15) is 0 Å². The van der Waals surface area contributed by atoms with E-state index < -0.39 is 0 Å². The summed E-state index contributed by atoms with van der Waals surface area (Å²) < 4.78 is 0. The fraction of sp³-hybridized carbons (Fsp3) is 0.250. The first-order chi connectivity index (χ1) is 7.72. The molecule has 1 heterocycles. The number of benzene rings is 1. The predicted molar refractivity (Wildman–Crippen MR) is 63.2 cm³/mol. The zero-order valence-corrected chi connectivity index (χ0v) is 9.34. The predicted octanol–water partition coefficient (Wildman–Crippen LogP) is 2.00. The first-order valence-electron chi connectivity index (χ1n) is 5.19. The lowest BCUT2D eigenvalue weighted by Gasteiger charge is -2.16. The molecule has 0 saturated carbocycles. The summed E-state index contributed by atoms with van der Waals surface area (Å²) in [6, 6.07) is 5.62. The highest BCUT2D eigenvalue weighted by molar-refractivity contribution is 5.94. The summed E-state index contributed by atoms with van der Waals surface area (Å²) in [6.45, 7) is 1.85. The van der Waals surface area contributed by atoms with Crippen LogP contribution >= 0.6 is 0 Å². The van der Waals surface area contributed by atoms with Gasteiger partial charge in [0, 0.05) is 31.5 Å². The Labute approximate surface area is 93.9 Å². The van der Waals surface area contributed by atoms with Gasteiger partial charge in [0.2, 0.25) is 5.91 Å². The van der Waals surface area contributed by atoms with E-state index in [0.29, 0.717) is 6.42 Å². The molecule has 16 heavy (non-hydrogen) atoms. The van der Waals surface area contributed by atoms with Crippen LogP contribution in [-0.4, -0.2) is 22.9 Å². The minimum atomic E-state index is 0.0863. The monoisotopic (exact) mass is 215 g/mol. The highest BCUT2D eigenvalue weighted by Crippen LogP contribution is 2.18. The van der Waals surface area contributed by atoms with Gasteiger partial charge in [-0.2, -0.15) is 0 Å². The summed E-state index contributed by atoms with van der Waals surface area (Å²) in [5.74, 6) is 0.0863. The van der Waals surface area contributed by atoms with Crippen LogP contribution in [0.4, 0.5) is 5.69 Å². The Morgan fingerprint density at radius 3 is 2.62 bits per heavy atom. The second-order valence-electron chi connectivity index (χ2n) is 3.54. The van der Waals surface area contributed by atoms with Crippen molar-refractivity contribution >= 4 is 22.6 Å². The van der Waals surface area contributed by atoms with E-state index in [1.807, 2.05) is 25.1 Å². The van der Waals surface area contributed by atoms with E-state index in [1.54, 1.807) is 24.3 Å². The maximum absolute atomic E-state index is 11.5. The van der Waals surface area contributed by atoms with Gasteiger partial charge in [-0.25, -0.2) is 0 Å². The van der Waals surface area contributed by atoms with E-state index in [0.717, 1.165) is 16.7 Å². The molecular formula is C12H13N3O. The number of nitrogens with zero attached hydrogens (tertiary/aromatic N) is 3. The van der Waals surface area contributed by atoms with E-state index >= 15 is 0 Å². The largest absolute Gasteiger partial charge is 0.315 e. The third-order valence-electron chi connectivity index (χ3n) is 2.52. The van der Waals surface area contributed by atoms with Crippen LogP contribution in [0.1, 0.15) is 13.3 Å². The number of hydrogen-bond donors (Lipinski definition) is 0. The number of rotatable bonds is 2. The lowest BCUT2D eigenvalue weighted by Crippen LogP contribution is -2.24. The van der Waals surface area contributed by atoms with Crippen molar-refractivity contribution in [3.05, 3.63) is 30.6 Å². The molecule has 0 aliphatic rings. The second kappa shape index (κ2) is 4.26. The number of carbonyl (C=O) groups excluding carboxylic acids is 1. The smallest absolute Gasteiger partial charge is 0.226 e. The normalized spacial score (nSPS) is 10.4. The highest BCUT2D eigenvalue weighted by atomic mass is 16.2. The van der Waals surface area contributed by atoms with Gasteiger partial charge >= 0.3 is 0 Å². The Hall–Kier alpha value is -1.97. The van der Waals surface area contributed by atoms with Crippen molar-refractivity contribution in [2.45, 2.75) is 13.3 Å². The lowest BCUT2D eigenvalue weighted by atomic mass is 10.2. The molecule has 0 aliphatic carbocycles. The van der Waals surface area contributed by atoms with Gasteiger partial charge in [0.05, 0.1) is 11.0 Å². The molecule has 0 aliphatic heterocycles. The molecule has 1 aromatic carbocycles. The number of hydrogen-bond acceptors (Lipinski definition) is 3. The van der Waals surface area contributed by atoms with Crippen molar-refractivity contribution in [1.82, 2.24) is 9.97 Å². The van der Waals surface area contributed by atoms with Crippen molar-refractivity contribution in [3.8, 4) is 0 Å². The molecule has 0 bridgehead atoms. The maximum atomic E-state index is 11.5. The average Bonchev–Trinajstić information content (AvgIpc) is 2.36. The number of aromatic nitrogens is 2. The van der Waals surface area contributed by atoms with Crippen LogP contribution in [-0.2, 0) is 4.79 Å². The topological polar surface area (TPSA) is 46.1 Å². The van der Waals surface area contributed by atoms with E-state index in [2.05, 4.69) is 9.97 Å². The summed E-state index contributed by atoms with van der Waals surface area (Å²) in [6.07, 6.45) is 3.80. The minimum absolute atomic E-state index is 0.0863. The zero-order valence-electron chi connectivity index (χ0n) is 9.34. The van der Waals surface area contributed by atoms with Crippen LogP contribution in [0.3, 0.4) is 0 Å². The Morgan fingerprint density at radius 2 is 1.94 bits per heavy atom. The Balaban J connectivity index is 2.43. The van der Waals surface area contributed by atoms with E-state index in [1.165, 1.54) is 0 Å². The van der Waals surface area contributed by atoms with Crippen LogP contribution < -0.4 is 4.90 Å². The molecule has 82 valence electrons. The average molecular weight is 215 g/mol. The van der Waals surface area contributed by atoms with Gasteiger partial charge in [-0.1, -0.05) is 6.92 Å². The molecule has 0 saturated heterocycles. The molecule has 0 unspecified atom stereocenters. The molecule has 4 nitrogen and oxygen atoms in total. The summed E-state index contributed by atoms with van der Waals surface area (Å²) >= 11 is 0. The number of carbonyl (C=O) groups is 1. The number of amides is 1. The molecule has 2 aromatic rings. The van der Waals surface area contributed by atoms with Gasteiger partial charge in [-0.05, 0) is 18.2 Å². The maximum Gasteiger partial charge on any atom is 0.226 e. The number of fused-ring (bicyclic) bond motifs is 1. The standard InChI is InChI=1S/C12H13N3O/c1-3-12(16)15(2)9-4-5-10-11(8-9)14-7-6-13-10/h4-8H,3H2,1-2H3. The SMILES string of the molecule is CCC(=O)N(C)c1ccc2nccnc2c1. The molecule has 4 heteroatoms. The van der Waals surface area contributed by atoms with Crippen LogP contribution in [0.25, 0.3) is 11.0 Å². The van der Waals surface area contributed by atoms with Crippen LogP contribution in [0.2, 0.25) is 0 Å². The molecule has 0 fully saturated rings. The van der Waals surface area contributed by atoms with Gasteiger partial charge in [0.25, 0.3) is 0 Å². The van der Waals surface area contributed by atoms with Gasteiger partial charge in [-0.15, -0.1) is 0 Å². The molecule has 0 spiro atoms. The first kappa shape index (κ1) is 10.5. The third-order valence-corrected chi connectivity index (χ3v) is 2.52. The molecule has 0 radical (unpaired) electrons. The van der Waals surface area contributed by atoms with Gasteiger partial charge in [-0.3, -0.25) is 14.8 Å². The molecule has 1 amide bonds. The molecular weight excluding hydrogens is 202 g/mol. The fourth-order valence-corrected chi connectivity index (χ4v) is 1.54. The van der Waals surface area contributed by atoms with E-state index in [9.17, 15) is 4.79 Å². The Bertz CT molecular complexity index is 524. The summed E-state index contributed by atoms with van der Waals surface area (Å²) in [5, 5.41) is 0. The molecule has 1 aromatic heterocycles. The van der Waals surface area contributed by atoms with Crippen molar-refractivity contribution in [2.24, 2.45) is 0 Å². The second-order valence-corrected chi connectivity index (χ2v) is 3.54. The first-order valence-corrected chi connectivity index (χ1v) is 5.19. The molecule has 0 atom stereocenters. The Kier molecular flexibility index (Phi) is 2.81. The zero-order chi connectivity index (χ0) is 11.5. The van der Waals surface area contributed by atoms with Crippen LogP contribution in [0.5, 0.6) is 0 Å². The quantitative estimate of drug-likeness (QED) is 0.769. The van der Waals surface area contributed by atoms with E-state index in [-0.39, 0.29) is 5.91 Å². The van der Waals surface area contributed by atoms with Crippen LogP contribution in [0.15, 0.2) is 30.6 Å². The van der Waals surface area contributed by atoms with Crippen molar-refractivity contribution in [2.75, 3.05) is 11.9 Å². The highest BCUT2D eigenvalue weighted by Gasteiger charge is 2.09. The Morgan fingerprint density at radius 1 is 1.25 bits per heavy atom. The summed E-state index contributed by atoms with van der Waals surface area (Å²) in [7, 11) is 1.77. The number of anilines is 1. The summed E-state index contributed by atoms with van der Waals surface area (Å²) in [4.78, 5) is 21.6. The van der Waals surface area contributed by atoms with Crippen molar-refractivity contribution in [1.29, 1.82) is 0 Å². The van der Waals surface area contributed by atoms with Gasteiger partial charge in [0.15, 0.2) is 0 Å².